The van der Waals surface area contributed by atoms with Gasteiger partial charge in [0, 0.05) is 12.2 Å². The molecule has 18 heavy (non-hydrogen) atoms. The zero-order valence-corrected chi connectivity index (χ0v) is 10.0. The molecule has 0 spiro atoms. The van der Waals surface area contributed by atoms with E-state index in [-0.39, 0.29) is 5.96 Å². The maximum Gasteiger partial charge on any atom is 0.326 e. The number of aliphatic carboxylic acids is 1. The highest BCUT2D eigenvalue weighted by atomic mass is 16.4. The van der Waals surface area contributed by atoms with Gasteiger partial charge in [-0.3, -0.25) is 4.99 Å². The van der Waals surface area contributed by atoms with Crippen LogP contribution in [-0.2, 0) is 4.79 Å². The molecule has 0 saturated heterocycles. The summed E-state index contributed by atoms with van der Waals surface area (Å²) in [5.41, 5.74) is 11.2. The van der Waals surface area contributed by atoms with E-state index in [0.29, 0.717) is 19.4 Å². The molecular weight excluding hydrogens is 232 g/mol. The summed E-state index contributed by atoms with van der Waals surface area (Å²) >= 11 is 0. The summed E-state index contributed by atoms with van der Waals surface area (Å²) in [7, 11) is 0. The monoisotopic (exact) mass is 250 g/mol. The highest BCUT2D eigenvalue weighted by Crippen LogP contribution is 2.10. The SMILES string of the molecule is NC(N)=NCCCC(Nc1ccccc1)C(=O)O. The Hall–Kier alpha value is -2.24. The number of guanidine groups is 1. The molecule has 1 unspecified atom stereocenters. The van der Waals surface area contributed by atoms with Crippen LogP contribution in [-0.4, -0.2) is 29.6 Å². The van der Waals surface area contributed by atoms with Crippen LogP contribution >= 0.6 is 0 Å². The Morgan fingerprint density at radius 2 is 2.00 bits per heavy atom. The molecule has 0 aliphatic carbocycles. The number of hydrogen-bond donors (Lipinski definition) is 4. The summed E-state index contributed by atoms with van der Waals surface area (Å²) in [4.78, 5) is 14.9. The molecule has 0 aliphatic rings. The van der Waals surface area contributed by atoms with Gasteiger partial charge < -0.3 is 21.9 Å². The molecular formula is C12H18N4O2. The van der Waals surface area contributed by atoms with Crippen molar-refractivity contribution >= 4 is 17.6 Å². The summed E-state index contributed by atoms with van der Waals surface area (Å²) in [5, 5.41) is 12.1. The first-order valence-corrected chi connectivity index (χ1v) is 5.69. The highest BCUT2D eigenvalue weighted by Gasteiger charge is 2.16. The van der Waals surface area contributed by atoms with Gasteiger partial charge in [0.25, 0.3) is 0 Å². The Labute approximate surface area is 106 Å². The topological polar surface area (TPSA) is 114 Å². The Kier molecular flexibility index (Phi) is 5.50. The molecule has 0 aliphatic heterocycles. The van der Waals surface area contributed by atoms with Crippen molar-refractivity contribution in [3.05, 3.63) is 30.3 Å². The molecule has 6 N–H and O–H groups in total. The minimum absolute atomic E-state index is 0.0258. The van der Waals surface area contributed by atoms with E-state index in [4.69, 9.17) is 16.6 Å². The van der Waals surface area contributed by atoms with E-state index < -0.39 is 12.0 Å². The quantitative estimate of drug-likeness (QED) is 0.321. The number of hydrogen-bond acceptors (Lipinski definition) is 3. The number of carboxylic acid groups (broad SMARTS) is 1. The van der Waals surface area contributed by atoms with Crippen molar-refractivity contribution in [3.8, 4) is 0 Å². The van der Waals surface area contributed by atoms with Crippen LogP contribution < -0.4 is 16.8 Å². The number of anilines is 1. The van der Waals surface area contributed by atoms with Crippen molar-refractivity contribution in [2.75, 3.05) is 11.9 Å². The summed E-state index contributed by atoms with van der Waals surface area (Å²) in [6, 6.07) is 8.58. The fourth-order valence-electron chi connectivity index (χ4n) is 1.50. The number of nitrogens with one attached hydrogen (secondary N) is 1. The second-order valence-corrected chi connectivity index (χ2v) is 3.85. The first-order valence-electron chi connectivity index (χ1n) is 5.69. The van der Waals surface area contributed by atoms with Gasteiger partial charge in [-0.05, 0) is 25.0 Å². The summed E-state index contributed by atoms with van der Waals surface area (Å²) < 4.78 is 0. The number of nitrogens with zero attached hydrogens (tertiary/aromatic N) is 1. The average molecular weight is 250 g/mol. The van der Waals surface area contributed by atoms with Crippen molar-refractivity contribution in [1.82, 2.24) is 0 Å². The Bertz CT molecular complexity index is 402. The molecule has 6 nitrogen and oxygen atoms in total. The largest absolute Gasteiger partial charge is 0.480 e. The lowest BCUT2D eigenvalue weighted by molar-refractivity contribution is -0.138. The van der Waals surface area contributed by atoms with Gasteiger partial charge in [0.1, 0.15) is 6.04 Å². The van der Waals surface area contributed by atoms with Crippen LogP contribution in [0.3, 0.4) is 0 Å². The molecule has 6 heteroatoms. The Morgan fingerprint density at radius 1 is 1.33 bits per heavy atom. The fraction of sp³-hybridized carbons (Fsp3) is 0.333. The van der Waals surface area contributed by atoms with Crippen molar-refractivity contribution in [2.45, 2.75) is 18.9 Å². The molecule has 1 aromatic rings. The lowest BCUT2D eigenvalue weighted by Gasteiger charge is -2.15. The first kappa shape index (κ1) is 13.8. The van der Waals surface area contributed by atoms with Gasteiger partial charge in [0.15, 0.2) is 5.96 Å². The van der Waals surface area contributed by atoms with E-state index in [9.17, 15) is 4.79 Å². The molecule has 0 fully saturated rings. The third-order valence-electron chi connectivity index (χ3n) is 2.36. The smallest absolute Gasteiger partial charge is 0.326 e. The third kappa shape index (κ3) is 5.20. The second kappa shape index (κ2) is 7.16. The number of benzene rings is 1. The summed E-state index contributed by atoms with van der Waals surface area (Å²) in [6.45, 7) is 0.433. The minimum Gasteiger partial charge on any atom is -0.480 e. The van der Waals surface area contributed by atoms with Crippen molar-refractivity contribution < 1.29 is 9.90 Å². The fourth-order valence-corrected chi connectivity index (χ4v) is 1.50. The number of nitrogens with two attached hydrogens (primary N) is 2. The van der Waals surface area contributed by atoms with Crippen molar-refractivity contribution in [2.24, 2.45) is 16.5 Å². The van der Waals surface area contributed by atoms with Crippen LogP contribution in [0.1, 0.15) is 12.8 Å². The number of carbonyl (C=O) groups is 1. The maximum absolute atomic E-state index is 11.1. The van der Waals surface area contributed by atoms with Gasteiger partial charge >= 0.3 is 5.97 Å². The molecule has 0 amide bonds. The first-order chi connectivity index (χ1) is 8.59. The normalized spacial score (nSPS) is 11.6. The Morgan fingerprint density at radius 3 is 2.56 bits per heavy atom. The minimum atomic E-state index is -0.886. The molecule has 1 rings (SSSR count). The lowest BCUT2D eigenvalue weighted by Crippen LogP contribution is -2.29. The van der Waals surface area contributed by atoms with Gasteiger partial charge in [-0.25, -0.2) is 4.79 Å². The van der Waals surface area contributed by atoms with Gasteiger partial charge in [-0.15, -0.1) is 0 Å². The summed E-state index contributed by atoms with van der Waals surface area (Å²) in [6.07, 6.45) is 1.07. The lowest BCUT2D eigenvalue weighted by atomic mass is 10.1. The van der Waals surface area contributed by atoms with Crippen molar-refractivity contribution in [3.63, 3.8) is 0 Å². The molecule has 1 aromatic carbocycles. The zero-order valence-electron chi connectivity index (χ0n) is 10.0. The van der Waals surface area contributed by atoms with Crippen LogP contribution in [0.4, 0.5) is 5.69 Å². The van der Waals surface area contributed by atoms with E-state index in [1.54, 1.807) is 0 Å². The molecule has 1 atom stereocenters. The van der Waals surface area contributed by atoms with Gasteiger partial charge in [0.05, 0.1) is 0 Å². The number of aliphatic imine (C=N–C) groups is 1. The van der Waals surface area contributed by atoms with Crippen LogP contribution in [0.15, 0.2) is 35.3 Å². The van der Waals surface area contributed by atoms with E-state index in [2.05, 4.69) is 10.3 Å². The van der Waals surface area contributed by atoms with Gasteiger partial charge in [-0.1, -0.05) is 18.2 Å². The summed E-state index contributed by atoms with van der Waals surface area (Å²) in [5.74, 6) is -0.860. The Balaban J connectivity index is 2.46. The molecule has 0 aromatic heterocycles. The molecule has 0 bridgehead atoms. The predicted molar refractivity (Wildman–Crippen MR) is 71.4 cm³/mol. The van der Waals surface area contributed by atoms with Crippen LogP contribution in [0.5, 0.6) is 0 Å². The maximum atomic E-state index is 11.1. The zero-order chi connectivity index (χ0) is 13.4. The molecule has 0 radical (unpaired) electrons. The van der Waals surface area contributed by atoms with Gasteiger partial charge in [0.2, 0.25) is 0 Å². The van der Waals surface area contributed by atoms with E-state index in [1.807, 2.05) is 30.3 Å². The highest BCUT2D eigenvalue weighted by molar-refractivity contribution is 5.77. The average Bonchev–Trinajstić information content (AvgIpc) is 2.33. The van der Waals surface area contributed by atoms with Crippen LogP contribution in [0.2, 0.25) is 0 Å². The van der Waals surface area contributed by atoms with E-state index in [1.165, 1.54) is 0 Å². The predicted octanol–water partition coefficient (Wildman–Crippen LogP) is 0.605. The molecule has 0 saturated carbocycles. The molecule has 0 heterocycles. The molecule has 98 valence electrons. The van der Waals surface area contributed by atoms with Crippen LogP contribution in [0.25, 0.3) is 0 Å². The van der Waals surface area contributed by atoms with Gasteiger partial charge in [-0.2, -0.15) is 0 Å². The van der Waals surface area contributed by atoms with Crippen LogP contribution in [0, 0.1) is 0 Å². The van der Waals surface area contributed by atoms with Crippen molar-refractivity contribution in [1.29, 1.82) is 0 Å². The second-order valence-electron chi connectivity index (χ2n) is 3.85. The number of carboxylic acids is 1. The van der Waals surface area contributed by atoms with E-state index in [0.717, 1.165) is 5.69 Å². The number of rotatable bonds is 7. The third-order valence-corrected chi connectivity index (χ3v) is 2.36. The standard InChI is InChI=1S/C12H18N4O2/c13-12(14)15-8-4-7-10(11(17)18)16-9-5-2-1-3-6-9/h1-3,5-6,10,16H,4,7-8H2,(H,17,18)(H4,13,14,15). The van der Waals surface area contributed by atoms with E-state index >= 15 is 0 Å². The number of para-hydroxylation sites is 1.